The van der Waals surface area contributed by atoms with Crippen molar-refractivity contribution in [2.24, 2.45) is 11.8 Å². The topological polar surface area (TPSA) is 40.5 Å². The van der Waals surface area contributed by atoms with Crippen LogP contribution >= 0.6 is 0 Å². The maximum Gasteiger partial charge on any atom is 0.248 e. The molecular weight excluding hydrogens is 166 g/mol. The number of carbonyl (C=O) groups is 1. The van der Waals surface area contributed by atoms with Crippen LogP contribution in [0.5, 0.6) is 0 Å². The van der Waals surface area contributed by atoms with E-state index in [0.29, 0.717) is 11.8 Å². The van der Waals surface area contributed by atoms with Crippen molar-refractivity contribution in [2.75, 3.05) is 19.7 Å². The third kappa shape index (κ3) is 5.64. The van der Waals surface area contributed by atoms with Gasteiger partial charge in [-0.05, 0) is 11.8 Å². The normalized spacial score (nSPS) is 11.0. The minimum atomic E-state index is -0.376. The lowest BCUT2D eigenvalue weighted by Crippen LogP contribution is -2.38. The molecule has 0 rings (SSSR count). The van der Waals surface area contributed by atoms with Gasteiger partial charge in [-0.1, -0.05) is 27.7 Å². The molecule has 0 fully saturated rings. The molecule has 78 valence electrons. The monoisotopic (exact) mass is 187 g/mol. The number of aliphatic hydroxyl groups is 1. The summed E-state index contributed by atoms with van der Waals surface area (Å²) in [6.07, 6.45) is 0. The number of rotatable bonds is 5. The average molecular weight is 187 g/mol. The highest BCUT2D eigenvalue weighted by Gasteiger charge is 2.14. The third-order valence-electron chi connectivity index (χ3n) is 1.66. The maximum atomic E-state index is 11.3. The van der Waals surface area contributed by atoms with Crippen molar-refractivity contribution in [3.63, 3.8) is 0 Å². The second kappa shape index (κ2) is 5.97. The summed E-state index contributed by atoms with van der Waals surface area (Å²) >= 11 is 0. The van der Waals surface area contributed by atoms with Gasteiger partial charge in [0.05, 0.1) is 0 Å². The Labute approximate surface area is 80.7 Å². The van der Waals surface area contributed by atoms with E-state index in [1.807, 2.05) is 0 Å². The van der Waals surface area contributed by atoms with Crippen LogP contribution in [0.3, 0.4) is 0 Å². The zero-order valence-corrected chi connectivity index (χ0v) is 9.08. The highest BCUT2D eigenvalue weighted by atomic mass is 16.3. The van der Waals surface area contributed by atoms with Gasteiger partial charge in [0.25, 0.3) is 0 Å². The van der Waals surface area contributed by atoms with Gasteiger partial charge in [-0.3, -0.25) is 4.79 Å². The van der Waals surface area contributed by atoms with E-state index in [4.69, 9.17) is 5.11 Å². The molecule has 0 radical (unpaired) electrons. The Hall–Kier alpha value is -0.570. The number of amides is 1. The van der Waals surface area contributed by atoms with Crippen molar-refractivity contribution in [1.82, 2.24) is 4.90 Å². The van der Waals surface area contributed by atoms with Crippen LogP contribution in [0.25, 0.3) is 0 Å². The average Bonchev–Trinajstić information content (AvgIpc) is 2.00. The summed E-state index contributed by atoms with van der Waals surface area (Å²) in [7, 11) is 0. The summed E-state index contributed by atoms with van der Waals surface area (Å²) in [4.78, 5) is 13.0. The van der Waals surface area contributed by atoms with Crippen molar-refractivity contribution in [1.29, 1.82) is 0 Å². The number of nitrogens with zero attached hydrogens (tertiary/aromatic N) is 1. The smallest absolute Gasteiger partial charge is 0.248 e. The van der Waals surface area contributed by atoms with E-state index in [-0.39, 0.29) is 12.5 Å². The first-order chi connectivity index (χ1) is 5.97. The van der Waals surface area contributed by atoms with Crippen LogP contribution in [0.2, 0.25) is 0 Å². The van der Waals surface area contributed by atoms with Crippen molar-refractivity contribution >= 4 is 5.91 Å². The Bertz CT molecular complexity index is 145. The molecule has 0 atom stereocenters. The van der Waals surface area contributed by atoms with E-state index >= 15 is 0 Å². The minimum Gasteiger partial charge on any atom is -0.387 e. The first-order valence-electron chi connectivity index (χ1n) is 4.86. The Morgan fingerprint density at radius 2 is 1.54 bits per heavy atom. The van der Waals surface area contributed by atoms with E-state index in [1.54, 1.807) is 4.90 Å². The Kier molecular flexibility index (Phi) is 5.71. The first-order valence-corrected chi connectivity index (χ1v) is 4.86. The summed E-state index contributed by atoms with van der Waals surface area (Å²) in [6.45, 7) is 9.36. The minimum absolute atomic E-state index is 0.164. The molecule has 1 N–H and O–H groups in total. The van der Waals surface area contributed by atoms with Crippen molar-refractivity contribution in [2.45, 2.75) is 27.7 Å². The van der Waals surface area contributed by atoms with E-state index < -0.39 is 0 Å². The predicted octanol–water partition coefficient (Wildman–Crippen LogP) is 1.12. The largest absolute Gasteiger partial charge is 0.387 e. The van der Waals surface area contributed by atoms with Gasteiger partial charge in [-0.15, -0.1) is 0 Å². The molecule has 0 aliphatic heterocycles. The molecule has 0 aromatic heterocycles. The Morgan fingerprint density at radius 1 is 1.15 bits per heavy atom. The van der Waals surface area contributed by atoms with Gasteiger partial charge in [-0.25, -0.2) is 0 Å². The van der Waals surface area contributed by atoms with Crippen LogP contribution in [0, 0.1) is 11.8 Å². The van der Waals surface area contributed by atoms with Crippen LogP contribution in [-0.4, -0.2) is 35.6 Å². The van der Waals surface area contributed by atoms with Gasteiger partial charge >= 0.3 is 0 Å². The summed E-state index contributed by atoms with van der Waals surface area (Å²) in [5.74, 6) is 0.742. The standard InChI is InChI=1S/C10H21NO2/c1-8(2)5-11(6-9(3)4)10(13)7-12/h8-9,12H,5-7H2,1-4H3. The van der Waals surface area contributed by atoms with Crippen molar-refractivity contribution < 1.29 is 9.90 Å². The lowest BCUT2D eigenvalue weighted by Gasteiger charge is -2.25. The molecule has 0 unspecified atom stereocenters. The zero-order chi connectivity index (χ0) is 10.4. The van der Waals surface area contributed by atoms with E-state index in [2.05, 4.69) is 27.7 Å². The summed E-state index contributed by atoms with van der Waals surface area (Å²) in [5.41, 5.74) is 0. The lowest BCUT2D eigenvalue weighted by atomic mass is 10.1. The molecule has 0 saturated carbocycles. The third-order valence-corrected chi connectivity index (χ3v) is 1.66. The van der Waals surface area contributed by atoms with Crippen molar-refractivity contribution in [3.05, 3.63) is 0 Å². The number of hydrogen-bond donors (Lipinski definition) is 1. The van der Waals surface area contributed by atoms with E-state index in [1.165, 1.54) is 0 Å². The number of aliphatic hydroxyl groups excluding tert-OH is 1. The molecule has 0 aliphatic carbocycles. The molecule has 1 amide bonds. The molecule has 0 aromatic rings. The van der Waals surface area contributed by atoms with Crippen LogP contribution in [-0.2, 0) is 4.79 Å². The van der Waals surface area contributed by atoms with Gasteiger partial charge in [0.2, 0.25) is 5.91 Å². The second-order valence-electron chi connectivity index (χ2n) is 4.24. The zero-order valence-electron chi connectivity index (χ0n) is 9.08. The van der Waals surface area contributed by atoms with Gasteiger partial charge in [0.15, 0.2) is 0 Å². The highest BCUT2D eigenvalue weighted by molar-refractivity contribution is 5.77. The predicted molar refractivity (Wildman–Crippen MR) is 53.3 cm³/mol. The van der Waals surface area contributed by atoms with Crippen LogP contribution in [0.15, 0.2) is 0 Å². The second-order valence-corrected chi connectivity index (χ2v) is 4.24. The Balaban J connectivity index is 4.10. The maximum absolute atomic E-state index is 11.3. The molecule has 3 heteroatoms. The van der Waals surface area contributed by atoms with Gasteiger partial charge < -0.3 is 10.0 Å². The summed E-state index contributed by atoms with van der Waals surface area (Å²) in [6, 6.07) is 0. The van der Waals surface area contributed by atoms with Crippen LogP contribution in [0.4, 0.5) is 0 Å². The molecule has 0 saturated heterocycles. The Morgan fingerprint density at radius 3 is 1.77 bits per heavy atom. The van der Waals surface area contributed by atoms with Gasteiger partial charge in [0.1, 0.15) is 6.61 Å². The van der Waals surface area contributed by atoms with E-state index in [0.717, 1.165) is 13.1 Å². The van der Waals surface area contributed by atoms with E-state index in [9.17, 15) is 4.79 Å². The number of hydrogen-bond acceptors (Lipinski definition) is 2. The molecule has 0 spiro atoms. The highest BCUT2D eigenvalue weighted by Crippen LogP contribution is 2.03. The van der Waals surface area contributed by atoms with Gasteiger partial charge in [0, 0.05) is 13.1 Å². The quantitative estimate of drug-likeness (QED) is 0.700. The van der Waals surface area contributed by atoms with Gasteiger partial charge in [-0.2, -0.15) is 0 Å². The molecule has 3 nitrogen and oxygen atoms in total. The lowest BCUT2D eigenvalue weighted by molar-refractivity contribution is -0.135. The molecule has 0 heterocycles. The molecule has 0 aliphatic rings. The fourth-order valence-electron chi connectivity index (χ4n) is 1.26. The number of carbonyl (C=O) groups excluding carboxylic acids is 1. The first kappa shape index (κ1) is 12.4. The molecule has 0 aromatic carbocycles. The fraction of sp³-hybridized carbons (Fsp3) is 0.900. The van der Waals surface area contributed by atoms with Crippen LogP contribution < -0.4 is 0 Å². The van der Waals surface area contributed by atoms with Crippen molar-refractivity contribution in [3.8, 4) is 0 Å². The summed E-state index contributed by atoms with van der Waals surface area (Å²) in [5, 5.41) is 8.74. The van der Waals surface area contributed by atoms with Crippen LogP contribution in [0.1, 0.15) is 27.7 Å². The molecule has 0 bridgehead atoms. The molecule has 13 heavy (non-hydrogen) atoms. The SMILES string of the molecule is CC(C)CN(CC(C)C)C(=O)CO. The molecular formula is C10H21NO2. The summed E-state index contributed by atoms with van der Waals surface area (Å²) < 4.78 is 0. The fourth-order valence-corrected chi connectivity index (χ4v) is 1.26.